The van der Waals surface area contributed by atoms with Crippen LogP contribution in [0.2, 0.25) is 0 Å². The van der Waals surface area contributed by atoms with Crippen molar-refractivity contribution in [3.05, 3.63) is 83.9 Å². The summed E-state index contributed by atoms with van der Waals surface area (Å²) in [5.74, 6) is 1.08. The van der Waals surface area contributed by atoms with Crippen LogP contribution >= 0.6 is 0 Å². The molecule has 0 atom stereocenters. The van der Waals surface area contributed by atoms with Crippen molar-refractivity contribution in [1.29, 1.82) is 0 Å². The van der Waals surface area contributed by atoms with Gasteiger partial charge in [-0.25, -0.2) is 0 Å². The van der Waals surface area contributed by atoms with Gasteiger partial charge in [-0.3, -0.25) is 14.5 Å². The molecule has 5 rings (SSSR count). The summed E-state index contributed by atoms with van der Waals surface area (Å²) in [5.41, 5.74) is 5.02. The SMILES string of the molecule is CCCCN1C(=O)c2ccc(-c3ccc(OC)cc3)c3c(-c4ccc(OC)cc4)ccc(c23)C1=O. The molecule has 1 aliphatic rings. The Morgan fingerprint density at radius 1 is 0.600 bits per heavy atom. The van der Waals surface area contributed by atoms with Crippen LogP contribution in [0.3, 0.4) is 0 Å². The highest BCUT2D eigenvalue weighted by molar-refractivity contribution is 6.28. The second-order valence-electron chi connectivity index (χ2n) is 8.64. The molecule has 4 aromatic carbocycles. The summed E-state index contributed by atoms with van der Waals surface area (Å²) in [6, 6.07) is 23.4. The van der Waals surface area contributed by atoms with Crippen LogP contribution in [0.25, 0.3) is 33.0 Å². The van der Waals surface area contributed by atoms with Crippen LogP contribution in [-0.2, 0) is 0 Å². The smallest absolute Gasteiger partial charge is 0.261 e. The van der Waals surface area contributed by atoms with E-state index in [1.165, 1.54) is 4.90 Å². The number of benzene rings is 4. The van der Waals surface area contributed by atoms with Gasteiger partial charge in [0, 0.05) is 23.1 Å². The summed E-state index contributed by atoms with van der Waals surface area (Å²) >= 11 is 0. The van der Waals surface area contributed by atoms with Gasteiger partial charge in [-0.1, -0.05) is 49.7 Å². The fourth-order valence-electron chi connectivity index (χ4n) is 4.78. The number of carbonyl (C=O) groups is 2. The molecule has 176 valence electrons. The molecule has 0 saturated heterocycles. The van der Waals surface area contributed by atoms with Gasteiger partial charge < -0.3 is 9.47 Å². The van der Waals surface area contributed by atoms with Crippen LogP contribution in [0, 0.1) is 0 Å². The zero-order valence-corrected chi connectivity index (χ0v) is 20.1. The Morgan fingerprint density at radius 3 is 1.40 bits per heavy atom. The lowest BCUT2D eigenvalue weighted by Crippen LogP contribution is -2.40. The van der Waals surface area contributed by atoms with Crippen LogP contribution in [0.15, 0.2) is 72.8 Å². The van der Waals surface area contributed by atoms with Crippen molar-refractivity contribution in [2.45, 2.75) is 19.8 Å². The molecule has 0 bridgehead atoms. The number of unbranched alkanes of at least 4 members (excludes halogenated alkanes) is 1. The van der Waals surface area contributed by atoms with Gasteiger partial charge in [0.1, 0.15) is 11.5 Å². The number of hydrogen-bond acceptors (Lipinski definition) is 4. The first-order valence-electron chi connectivity index (χ1n) is 11.8. The Labute approximate surface area is 204 Å². The minimum atomic E-state index is -0.228. The summed E-state index contributed by atoms with van der Waals surface area (Å²) in [7, 11) is 3.28. The highest BCUT2D eigenvalue weighted by Gasteiger charge is 2.34. The van der Waals surface area contributed by atoms with Crippen molar-refractivity contribution in [3.63, 3.8) is 0 Å². The molecule has 0 aromatic heterocycles. The molecule has 35 heavy (non-hydrogen) atoms. The number of carbonyl (C=O) groups excluding carboxylic acids is 2. The van der Waals surface area contributed by atoms with Crippen LogP contribution in [-0.4, -0.2) is 37.5 Å². The normalized spacial score (nSPS) is 12.8. The van der Waals surface area contributed by atoms with E-state index in [2.05, 4.69) is 6.92 Å². The van der Waals surface area contributed by atoms with Gasteiger partial charge in [-0.05, 0) is 70.5 Å². The molecular weight excluding hydrogens is 438 g/mol. The first-order valence-corrected chi connectivity index (χ1v) is 11.8. The van der Waals surface area contributed by atoms with E-state index < -0.39 is 0 Å². The Bertz CT molecular complexity index is 1320. The second kappa shape index (κ2) is 9.26. The van der Waals surface area contributed by atoms with E-state index in [0.29, 0.717) is 17.7 Å². The predicted octanol–water partition coefficient (Wildman–Crippen LogP) is 6.59. The van der Waals surface area contributed by atoms with Gasteiger partial charge in [0.2, 0.25) is 0 Å². The van der Waals surface area contributed by atoms with Crippen LogP contribution in [0.4, 0.5) is 0 Å². The van der Waals surface area contributed by atoms with Crippen molar-refractivity contribution >= 4 is 22.6 Å². The zero-order chi connectivity index (χ0) is 24.5. The molecular formula is C30H27NO4. The monoisotopic (exact) mass is 465 g/mol. The predicted molar refractivity (Wildman–Crippen MR) is 138 cm³/mol. The molecule has 0 fully saturated rings. The summed E-state index contributed by atoms with van der Waals surface area (Å²) in [5, 5.41) is 1.61. The van der Waals surface area contributed by atoms with E-state index in [-0.39, 0.29) is 11.8 Å². The largest absolute Gasteiger partial charge is 0.497 e. The molecule has 0 saturated carbocycles. The maximum Gasteiger partial charge on any atom is 0.261 e. The van der Waals surface area contributed by atoms with Crippen molar-refractivity contribution < 1.29 is 19.1 Å². The molecule has 1 heterocycles. The van der Waals surface area contributed by atoms with E-state index in [9.17, 15) is 9.59 Å². The number of rotatable bonds is 7. The standard InChI is InChI=1S/C30H27NO4/c1-4-5-18-31-29(32)25-16-14-23(19-6-10-21(34-2)11-7-19)27-24(15-17-26(28(25)27)30(31)33)20-8-12-22(35-3)13-9-20/h6-17H,4-5,18H2,1-3H3. The fourth-order valence-corrected chi connectivity index (χ4v) is 4.78. The van der Waals surface area contributed by atoms with E-state index in [0.717, 1.165) is 57.4 Å². The molecule has 0 unspecified atom stereocenters. The first-order chi connectivity index (χ1) is 17.1. The highest BCUT2D eigenvalue weighted by atomic mass is 16.5. The lowest BCUT2D eigenvalue weighted by Gasteiger charge is -2.28. The minimum Gasteiger partial charge on any atom is -0.497 e. The quantitative estimate of drug-likeness (QED) is 0.289. The lowest BCUT2D eigenvalue weighted by molar-refractivity contribution is 0.0608. The second-order valence-corrected chi connectivity index (χ2v) is 8.64. The highest BCUT2D eigenvalue weighted by Crippen LogP contribution is 2.42. The molecule has 0 radical (unpaired) electrons. The van der Waals surface area contributed by atoms with E-state index in [1.807, 2.05) is 72.8 Å². The molecule has 5 heteroatoms. The number of nitrogens with zero attached hydrogens (tertiary/aromatic N) is 1. The molecule has 0 aliphatic carbocycles. The molecule has 5 nitrogen and oxygen atoms in total. The van der Waals surface area contributed by atoms with E-state index in [1.54, 1.807) is 14.2 Å². The average Bonchev–Trinajstić information content (AvgIpc) is 2.91. The Kier molecular flexibility index (Phi) is 6.00. The maximum atomic E-state index is 13.5. The minimum absolute atomic E-state index is 0.228. The van der Waals surface area contributed by atoms with Crippen molar-refractivity contribution in [3.8, 4) is 33.8 Å². The first kappa shape index (κ1) is 22.7. The third kappa shape index (κ3) is 3.83. The fraction of sp³-hybridized carbons (Fsp3) is 0.200. The Hall–Kier alpha value is -4.12. The number of amides is 2. The molecule has 0 N–H and O–H groups in total. The number of methoxy groups -OCH3 is 2. The van der Waals surface area contributed by atoms with Gasteiger partial charge in [0.15, 0.2) is 0 Å². The van der Waals surface area contributed by atoms with Gasteiger partial charge in [0.05, 0.1) is 14.2 Å². The topological polar surface area (TPSA) is 55.8 Å². The molecule has 2 amide bonds. The molecule has 4 aromatic rings. The van der Waals surface area contributed by atoms with Gasteiger partial charge in [-0.15, -0.1) is 0 Å². The zero-order valence-electron chi connectivity index (χ0n) is 20.1. The Morgan fingerprint density at radius 2 is 1.00 bits per heavy atom. The number of imide groups is 1. The molecule has 1 aliphatic heterocycles. The van der Waals surface area contributed by atoms with Crippen molar-refractivity contribution in [2.75, 3.05) is 20.8 Å². The molecule has 0 spiro atoms. The third-order valence-corrected chi connectivity index (χ3v) is 6.65. The lowest BCUT2D eigenvalue weighted by atomic mass is 9.84. The van der Waals surface area contributed by atoms with E-state index in [4.69, 9.17) is 9.47 Å². The van der Waals surface area contributed by atoms with E-state index >= 15 is 0 Å². The number of ether oxygens (including phenoxy) is 2. The summed E-state index contributed by atoms with van der Waals surface area (Å²) in [4.78, 5) is 28.3. The third-order valence-electron chi connectivity index (χ3n) is 6.65. The van der Waals surface area contributed by atoms with Crippen LogP contribution in [0.5, 0.6) is 11.5 Å². The maximum absolute atomic E-state index is 13.5. The van der Waals surface area contributed by atoms with Crippen molar-refractivity contribution in [1.82, 2.24) is 4.90 Å². The Balaban J connectivity index is 1.79. The van der Waals surface area contributed by atoms with Crippen LogP contribution < -0.4 is 9.47 Å². The summed E-state index contributed by atoms with van der Waals surface area (Å²) < 4.78 is 10.7. The van der Waals surface area contributed by atoms with Gasteiger partial charge in [-0.2, -0.15) is 0 Å². The number of hydrogen-bond donors (Lipinski definition) is 0. The van der Waals surface area contributed by atoms with Crippen molar-refractivity contribution in [2.24, 2.45) is 0 Å². The summed E-state index contributed by atoms with van der Waals surface area (Å²) in [6.45, 7) is 2.48. The van der Waals surface area contributed by atoms with Crippen LogP contribution in [0.1, 0.15) is 40.5 Å². The average molecular weight is 466 g/mol. The van der Waals surface area contributed by atoms with Gasteiger partial charge >= 0.3 is 0 Å². The summed E-state index contributed by atoms with van der Waals surface area (Å²) in [6.07, 6.45) is 1.69. The van der Waals surface area contributed by atoms with Gasteiger partial charge in [0.25, 0.3) is 11.8 Å².